The first kappa shape index (κ1) is 17.0. The standard InChI is InChI=1S/K.Mn.NO3.H2O.3O/c;;2-1(3)4;;;;/h;;;1H2;;;/q2*+1;-1;;;;/p-1. The van der Waals surface area contributed by atoms with Gasteiger partial charge in [0, 0.05) is 0 Å². The summed E-state index contributed by atoms with van der Waals surface area (Å²) in [5, 5.41) is 14.8. The molecule has 10 heavy (non-hydrogen) atoms. The van der Waals surface area contributed by atoms with Crippen LogP contribution in [0.2, 0.25) is 0 Å². The number of nitrogens with zero attached hydrogens (tertiary/aromatic N) is 1. The van der Waals surface area contributed by atoms with Crippen LogP contribution in [0.15, 0.2) is 0 Å². The molecule has 0 saturated heterocycles. The predicted molar refractivity (Wildman–Crippen MR) is 14.6 cm³/mol. The van der Waals surface area contributed by atoms with E-state index >= 15 is 0 Å². The Morgan fingerprint density at radius 3 is 1.20 bits per heavy atom. The van der Waals surface area contributed by atoms with Gasteiger partial charge in [-0.05, 0) is 0 Å². The quantitative estimate of drug-likeness (QED) is 0.249. The van der Waals surface area contributed by atoms with Crippen LogP contribution in [0.3, 0.4) is 0 Å². The molecule has 8 nitrogen and oxygen atoms in total. The van der Waals surface area contributed by atoms with Crippen molar-refractivity contribution in [2.45, 2.75) is 0 Å². The number of hydrogen-bond acceptors (Lipinski definition) is 6. The van der Waals surface area contributed by atoms with E-state index in [-0.39, 0.29) is 51.4 Å². The number of rotatable bonds is 0. The average Bonchev–Trinajstić information content (AvgIpc) is 1.19. The first-order valence-electron chi connectivity index (χ1n) is 1.18. The molecule has 1 N–H and O–H groups in total. The molecule has 0 aliphatic carbocycles. The fourth-order valence-electron chi connectivity index (χ4n) is 0. The van der Waals surface area contributed by atoms with Gasteiger partial charge in [0.1, 0.15) is 0 Å². The van der Waals surface area contributed by atoms with Gasteiger partial charge in [0.05, 0.1) is 5.09 Å². The molecule has 0 rings (SSSR count). The van der Waals surface area contributed by atoms with Crippen molar-refractivity contribution in [2.75, 3.05) is 0 Å². The van der Waals surface area contributed by atoms with Crippen LogP contribution in [0.25, 0.3) is 0 Å². The van der Waals surface area contributed by atoms with Gasteiger partial charge in [-0.3, -0.25) is 0 Å². The second-order valence-electron chi connectivity index (χ2n) is 0.620. The molecule has 0 aromatic heterocycles. The van der Waals surface area contributed by atoms with Crippen LogP contribution >= 0.6 is 0 Å². The molecular formula is HKMnNO7. The molecule has 0 heterocycles. The normalized spacial score (nSPS) is 8.10. The Balaban J connectivity index is -0.0000000910. The van der Waals surface area contributed by atoms with Crippen molar-refractivity contribution in [2.24, 2.45) is 0 Å². The molecule has 0 radical (unpaired) electrons. The molecule has 0 aliphatic heterocycles. The molecule has 0 fully saturated rings. The van der Waals surface area contributed by atoms with Crippen molar-refractivity contribution in [3.05, 3.63) is 15.3 Å². The maximum absolute atomic E-state index is 8.69. The van der Waals surface area contributed by atoms with Crippen molar-refractivity contribution in [3.8, 4) is 0 Å². The minimum atomic E-state index is -5.38. The third-order valence-corrected chi connectivity index (χ3v) is 0. The van der Waals surface area contributed by atoms with Crippen molar-refractivity contribution in [1.29, 1.82) is 0 Å². The summed E-state index contributed by atoms with van der Waals surface area (Å²) >= 11 is -5.38. The minimum absolute atomic E-state index is 0. The fraction of sp³-hybridized carbons (Fsp3) is 0. The van der Waals surface area contributed by atoms with E-state index in [1.807, 2.05) is 0 Å². The molecule has 0 atom stereocenters. The van der Waals surface area contributed by atoms with E-state index in [0.29, 0.717) is 0 Å². The summed E-state index contributed by atoms with van der Waals surface area (Å²) in [5.74, 6) is 0. The van der Waals surface area contributed by atoms with Crippen molar-refractivity contribution in [1.82, 2.24) is 0 Å². The van der Waals surface area contributed by atoms with Gasteiger partial charge >= 0.3 is 80.0 Å². The monoisotopic (exact) mass is 221 g/mol. The van der Waals surface area contributed by atoms with Crippen molar-refractivity contribution >= 4 is 0 Å². The Bertz CT molecular complexity index is 199. The summed E-state index contributed by atoms with van der Waals surface area (Å²) < 4.78 is 33.1. The topological polar surface area (TPSA) is 138 Å². The predicted octanol–water partition coefficient (Wildman–Crippen LogP) is -4.15. The molecule has 0 unspecified atom stereocenters. The first-order chi connectivity index (χ1) is 3.73. The summed E-state index contributed by atoms with van der Waals surface area (Å²) in [6.45, 7) is 0. The van der Waals surface area contributed by atoms with Gasteiger partial charge in [-0.1, -0.05) is 0 Å². The van der Waals surface area contributed by atoms with Crippen LogP contribution in [0.4, 0.5) is 0 Å². The molecule has 0 amide bonds. The summed E-state index contributed by atoms with van der Waals surface area (Å²) in [7, 11) is 0. The van der Waals surface area contributed by atoms with E-state index in [0.717, 1.165) is 0 Å². The molecule has 0 aromatic carbocycles. The molecule has 0 saturated carbocycles. The van der Waals surface area contributed by atoms with E-state index in [4.69, 9.17) is 31.0 Å². The molecule has 56 valence electrons. The second kappa shape index (κ2) is 7.82. The Morgan fingerprint density at radius 2 is 1.20 bits per heavy atom. The molecule has 10 heteroatoms. The van der Waals surface area contributed by atoms with Gasteiger partial charge in [0.25, 0.3) is 0 Å². The average molecular weight is 221 g/mol. The van der Waals surface area contributed by atoms with E-state index in [1.54, 1.807) is 0 Å². The second-order valence-corrected chi connectivity index (χ2v) is 1.86. The van der Waals surface area contributed by atoms with Gasteiger partial charge in [-0.2, -0.15) is 0 Å². The van der Waals surface area contributed by atoms with Crippen LogP contribution in [0.1, 0.15) is 0 Å². The fourth-order valence-corrected chi connectivity index (χ4v) is 0. The summed E-state index contributed by atoms with van der Waals surface area (Å²) in [5.41, 5.74) is 0. The molecule has 0 aromatic rings. The van der Waals surface area contributed by atoms with Crippen LogP contribution in [-0.2, 0) is 24.5 Å². The zero-order chi connectivity index (χ0) is 8.08. The SMILES string of the molecule is O=[N+]([O-])[O-].[K+].[O]=[Mn](=[O])(=[O])[OH]. The number of hydrogen-bond donors (Lipinski definition) is 1. The van der Waals surface area contributed by atoms with Gasteiger partial charge in [0.2, 0.25) is 0 Å². The Morgan fingerprint density at radius 1 is 1.20 bits per heavy atom. The Labute approximate surface area is 98.9 Å². The summed E-state index contributed by atoms with van der Waals surface area (Å²) in [4.78, 5) is 8.25. The van der Waals surface area contributed by atoms with Crippen molar-refractivity contribution in [3.63, 3.8) is 0 Å². The Hall–Kier alpha value is 0.716. The van der Waals surface area contributed by atoms with Gasteiger partial charge in [0.15, 0.2) is 0 Å². The van der Waals surface area contributed by atoms with Crippen LogP contribution in [0, 0.1) is 15.3 Å². The maximum atomic E-state index is 8.69. The van der Waals surface area contributed by atoms with Gasteiger partial charge in [-0.15, -0.1) is 0 Å². The third-order valence-electron chi connectivity index (χ3n) is 0. The zero-order valence-electron chi connectivity index (χ0n) is 4.72. The van der Waals surface area contributed by atoms with Crippen molar-refractivity contribution < 1.29 is 85.1 Å². The Kier molecular flexibility index (Phi) is 13.3. The van der Waals surface area contributed by atoms with E-state index in [2.05, 4.69) is 0 Å². The van der Waals surface area contributed by atoms with E-state index < -0.39 is 18.1 Å². The van der Waals surface area contributed by atoms with Gasteiger partial charge in [-0.25, -0.2) is 0 Å². The van der Waals surface area contributed by atoms with Crippen LogP contribution in [-0.4, -0.2) is 9.28 Å². The van der Waals surface area contributed by atoms with Crippen LogP contribution < -0.4 is 51.4 Å². The molecule has 0 spiro atoms. The van der Waals surface area contributed by atoms with E-state index in [9.17, 15) is 0 Å². The summed E-state index contributed by atoms with van der Waals surface area (Å²) in [6, 6.07) is 0. The van der Waals surface area contributed by atoms with Crippen LogP contribution in [0.5, 0.6) is 0 Å². The third kappa shape index (κ3) is 1010. The summed E-state index contributed by atoms with van der Waals surface area (Å²) in [6.07, 6.45) is 0. The first-order valence-corrected chi connectivity index (χ1v) is 3.15. The molecular weight excluding hydrogens is 220 g/mol. The van der Waals surface area contributed by atoms with E-state index in [1.165, 1.54) is 0 Å². The molecule has 0 aliphatic rings. The molecule has 0 bridgehead atoms. The van der Waals surface area contributed by atoms with Gasteiger partial charge < -0.3 is 15.3 Å². The zero-order valence-corrected chi connectivity index (χ0v) is 9.03.